The fraction of sp³-hybridized carbons (Fsp3) is 0.688. The number of fused-ring (bicyclic) bond motifs is 15. The molecule has 15 heteroatoms. The van der Waals surface area contributed by atoms with Crippen molar-refractivity contribution >= 4 is 59.7 Å². The van der Waals surface area contributed by atoms with E-state index >= 15 is 0 Å². The molecule has 11 aliphatic rings. The van der Waals surface area contributed by atoms with Crippen molar-refractivity contribution < 1.29 is 58.0 Å². The van der Waals surface area contributed by atoms with Crippen LogP contribution >= 0.6 is 12.4 Å². The van der Waals surface area contributed by atoms with Crippen LogP contribution in [-0.2, 0) is 28.7 Å². The lowest BCUT2D eigenvalue weighted by molar-refractivity contribution is -0.189. The van der Waals surface area contributed by atoms with Crippen LogP contribution in [-0.4, -0.2) is 76.7 Å². The number of ether oxygens (including phenoxy) is 2. The Balaban J connectivity index is 0.000000176. The summed E-state index contributed by atoms with van der Waals surface area (Å²) in [7, 11) is 1.48. The van der Waals surface area contributed by atoms with Crippen molar-refractivity contribution in [3.63, 3.8) is 0 Å². The molecule has 0 aromatic heterocycles. The van der Waals surface area contributed by atoms with Crippen LogP contribution < -0.4 is 11.1 Å². The number of hydrogen-bond donors (Lipinski definition) is 4. The highest BCUT2D eigenvalue weighted by Crippen LogP contribution is 2.77. The number of carboxylic acids is 2. The molecule has 1 aliphatic heterocycles. The van der Waals surface area contributed by atoms with E-state index in [1.807, 2.05) is 19.9 Å². The highest BCUT2D eigenvalue weighted by atomic mass is 35.5. The average Bonchev–Trinajstić information content (AvgIpc) is 0.687. The van der Waals surface area contributed by atoms with E-state index in [9.17, 15) is 48.6 Å². The van der Waals surface area contributed by atoms with E-state index in [1.54, 1.807) is 42.5 Å². The summed E-state index contributed by atoms with van der Waals surface area (Å²) in [4.78, 5) is 101. The van der Waals surface area contributed by atoms with Crippen molar-refractivity contribution in [2.75, 3.05) is 7.11 Å². The number of nitrogens with one attached hydrogen (secondary N) is 1. The third kappa shape index (κ3) is 10.0. The van der Waals surface area contributed by atoms with E-state index in [2.05, 4.69) is 99.2 Å². The monoisotopic (exact) mass is 1280 g/mol. The molecular weight excluding hydrogens is 1180 g/mol. The molecule has 8 saturated carbocycles. The number of benzene rings is 2. The predicted octanol–water partition coefficient (Wildman–Crippen LogP) is 15.4. The molecule has 1 heterocycles. The Morgan fingerprint density at radius 2 is 0.957 bits per heavy atom. The summed E-state index contributed by atoms with van der Waals surface area (Å²) in [6.45, 7) is 32.2. The molecule has 0 saturated heterocycles. The van der Waals surface area contributed by atoms with Gasteiger partial charge in [0.05, 0.1) is 40.2 Å². The van der Waals surface area contributed by atoms with Crippen molar-refractivity contribution in [1.82, 2.24) is 5.32 Å². The molecule has 8 fully saturated rings. The summed E-state index contributed by atoms with van der Waals surface area (Å²) in [6, 6.07) is 13.0. The second-order valence-electron chi connectivity index (χ2n) is 34.7. The summed E-state index contributed by atoms with van der Waals surface area (Å²) >= 11 is 0. The SMILES string of the molecule is CC1(C)C(N)CC[C@]2(C)[C@H]3C(=O)C=C4[C@H]5C[C@@](C)(C(=O)O)CC[C@]5(C)CC[C@@]4(C)[C@]3(C)CC[C@@H]12.COC(=O)[C@@]1(C)CC[C@]2(C)CC[C@]3(C)C(=CC(=O)[C@@H]4[C@@]5(C)CCC(NC(=O)c6ccccc6C(=O)O)C(C)(C)[C@@H]5CC[C@]43C)[C@@H]2C1.Cl.O=C1OC(=O)c2ccccc21. The van der Waals surface area contributed by atoms with Crippen LogP contribution in [0.5, 0.6) is 0 Å². The third-order valence-corrected chi connectivity index (χ3v) is 29.8. The lowest BCUT2D eigenvalue weighted by Gasteiger charge is -2.70. The van der Waals surface area contributed by atoms with Gasteiger partial charge in [-0.15, -0.1) is 12.4 Å². The molecule has 0 bridgehead atoms. The zero-order valence-corrected chi connectivity index (χ0v) is 58.4. The first-order valence-electron chi connectivity index (χ1n) is 34.3. The van der Waals surface area contributed by atoms with Gasteiger partial charge in [0, 0.05) is 23.9 Å². The molecule has 18 atom stereocenters. The highest BCUT2D eigenvalue weighted by molar-refractivity contribution is 6.14. The molecule has 92 heavy (non-hydrogen) atoms. The Labute approximate surface area is 552 Å². The van der Waals surface area contributed by atoms with Gasteiger partial charge in [-0.1, -0.05) is 118 Å². The molecular formula is C77H105ClN2O12. The Kier molecular flexibility index (Phi) is 17.2. The lowest BCUT2D eigenvalue weighted by atomic mass is 9.33. The first kappa shape index (κ1) is 69.4. The van der Waals surface area contributed by atoms with E-state index in [1.165, 1.54) is 24.3 Å². The molecule has 13 rings (SSSR count). The van der Waals surface area contributed by atoms with Gasteiger partial charge in [0.25, 0.3) is 5.91 Å². The number of carbonyl (C=O) groups excluding carboxylic acids is 6. The molecule has 502 valence electrons. The standard InChI is InChI=1S/C39H53NO6.C30H47NO3.C8H4O3.ClH/c1-34(2)28-13-16-39(7)30(37(28,5)15-14-29(34)40-31(42)23-11-9-10-12-24(23)32(43)44)27(41)21-25-26-22-36(4,33(45)46-8)18-17-35(26,3)19-20-38(25,39)6;1-25(2)21-8-11-30(7)23(28(21,5)10-9-22(25)31)20(32)16-18-19-17-27(4,24(33)34)13-12-26(19,3)14-15-29(18,30)6;9-7-5-3-1-2-4-6(5)8(10)11-7;/h9-12,21,26,28-30H,13-20,22H2,1-8H3,(H,40,42)(H,43,44);16,19,21-23H,8-15,17,31H2,1-7H3,(H,33,34);1-4H;1H/t26-,28-,29?,30+,35+,36-,37-,38+,39+;19-,21+,22?,23-,26-,27+,28+,29-,30-;;/m01../s1. The van der Waals surface area contributed by atoms with Crippen LogP contribution in [0.4, 0.5) is 0 Å². The van der Waals surface area contributed by atoms with Gasteiger partial charge in [0.1, 0.15) is 0 Å². The van der Waals surface area contributed by atoms with Crippen LogP contribution in [0.1, 0.15) is 254 Å². The van der Waals surface area contributed by atoms with Crippen molar-refractivity contribution in [1.29, 1.82) is 0 Å². The number of carboxylic acid groups (broad SMARTS) is 2. The van der Waals surface area contributed by atoms with Crippen molar-refractivity contribution in [3.05, 3.63) is 94.1 Å². The number of rotatable bonds is 5. The second-order valence-corrected chi connectivity index (χ2v) is 34.7. The van der Waals surface area contributed by atoms with Crippen molar-refractivity contribution in [2.45, 2.75) is 225 Å². The number of halogens is 1. The van der Waals surface area contributed by atoms with Crippen LogP contribution in [0, 0.1) is 100 Å². The number of hydrogen-bond acceptors (Lipinski definition) is 11. The lowest BCUT2D eigenvalue weighted by Crippen LogP contribution is -2.67. The minimum Gasteiger partial charge on any atom is -0.481 e. The smallest absolute Gasteiger partial charge is 0.346 e. The number of aromatic carboxylic acids is 1. The molecule has 2 aromatic carbocycles. The molecule has 1 amide bonds. The van der Waals surface area contributed by atoms with Crippen molar-refractivity contribution in [2.24, 2.45) is 106 Å². The van der Waals surface area contributed by atoms with Crippen LogP contribution in [0.3, 0.4) is 0 Å². The summed E-state index contributed by atoms with van der Waals surface area (Å²) in [5, 5.41) is 23.0. The van der Waals surface area contributed by atoms with Gasteiger partial charge in [-0.25, -0.2) is 14.4 Å². The number of aliphatic carboxylic acids is 1. The van der Waals surface area contributed by atoms with E-state index in [0.717, 1.165) is 109 Å². The van der Waals surface area contributed by atoms with Gasteiger partial charge < -0.3 is 30.7 Å². The first-order chi connectivity index (χ1) is 42.2. The molecule has 2 aromatic rings. The van der Waals surface area contributed by atoms with Crippen molar-refractivity contribution in [3.8, 4) is 0 Å². The minimum absolute atomic E-state index is 0. The maximum absolute atomic E-state index is 14.7. The zero-order valence-electron chi connectivity index (χ0n) is 57.6. The Hall–Kier alpha value is -5.47. The van der Waals surface area contributed by atoms with Gasteiger partial charge >= 0.3 is 29.8 Å². The number of ketones is 2. The maximum Gasteiger partial charge on any atom is 0.346 e. The molecule has 0 spiro atoms. The molecule has 10 aliphatic carbocycles. The summed E-state index contributed by atoms with van der Waals surface area (Å²) in [5.41, 5.74) is 8.01. The maximum atomic E-state index is 14.7. The molecule has 5 N–H and O–H groups in total. The second kappa shape index (κ2) is 22.9. The number of methoxy groups -OCH3 is 1. The molecule has 14 nitrogen and oxygen atoms in total. The quantitative estimate of drug-likeness (QED) is 0.161. The van der Waals surface area contributed by atoms with Crippen LogP contribution in [0.15, 0.2) is 71.8 Å². The highest BCUT2D eigenvalue weighted by Gasteiger charge is 2.73. The number of amides is 1. The fourth-order valence-electron chi connectivity index (χ4n) is 23.4. The fourth-order valence-corrected chi connectivity index (χ4v) is 23.4. The van der Waals surface area contributed by atoms with E-state index in [4.69, 9.17) is 10.5 Å². The summed E-state index contributed by atoms with van der Waals surface area (Å²) < 4.78 is 9.64. The Bertz CT molecular complexity index is 3460. The van der Waals surface area contributed by atoms with Gasteiger partial charge in [-0.3, -0.25) is 24.0 Å². The van der Waals surface area contributed by atoms with E-state index < -0.39 is 34.7 Å². The largest absolute Gasteiger partial charge is 0.481 e. The van der Waals surface area contributed by atoms with Gasteiger partial charge in [0.2, 0.25) is 0 Å². The zero-order chi connectivity index (χ0) is 66.6. The number of cyclic esters (lactones) is 2. The van der Waals surface area contributed by atoms with Crippen LogP contribution in [0.2, 0.25) is 0 Å². The van der Waals surface area contributed by atoms with E-state index in [-0.39, 0.29) is 137 Å². The van der Waals surface area contributed by atoms with Gasteiger partial charge in [-0.2, -0.15) is 0 Å². The number of carbonyl (C=O) groups is 8. The predicted molar refractivity (Wildman–Crippen MR) is 355 cm³/mol. The molecule has 0 radical (unpaired) electrons. The van der Waals surface area contributed by atoms with Gasteiger partial charge in [-0.05, 0) is 244 Å². The topological polar surface area (TPSA) is 234 Å². The summed E-state index contributed by atoms with van der Waals surface area (Å²) in [5.74, 6) is -1.90. The number of esters is 3. The first-order valence-corrected chi connectivity index (χ1v) is 34.3. The Morgan fingerprint density at radius 3 is 1.42 bits per heavy atom. The summed E-state index contributed by atoms with van der Waals surface area (Å²) in [6.07, 6.45) is 21.0. The Morgan fingerprint density at radius 1 is 0.533 bits per heavy atom. The minimum atomic E-state index is -1.12. The van der Waals surface area contributed by atoms with Gasteiger partial charge in [0.15, 0.2) is 11.6 Å². The number of allylic oxidation sites excluding steroid dienone is 4. The van der Waals surface area contributed by atoms with E-state index in [0.29, 0.717) is 29.2 Å². The average molecular weight is 1290 g/mol. The molecule has 2 unspecified atom stereocenters. The van der Waals surface area contributed by atoms with Crippen LogP contribution in [0.25, 0.3) is 0 Å². The number of nitrogens with two attached hydrogens (primary N) is 1. The normalized spacial score (nSPS) is 43.1. The third-order valence-electron chi connectivity index (χ3n) is 29.8.